The zero-order valence-electron chi connectivity index (χ0n) is 11.8. The largest absolute Gasteiger partial charge is 0.443 e. The van der Waals surface area contributed by atoms with Crippen LogP contribution < -0.4 is 10.2 Å². The Morgan fingerprint density at radius 1 is 1.14 bits per heavy atom. The van der Waals surface area contributed by atoms with Gasteiger partial charge in [-0.05, 0) is 42.5 Å². The summed E-state index contributed by atoms with van der Waals surface area (Å²) in [7, 11) is 3.92. The van der Waals surface area contributed by atoms with Gasteiger partial charge >= 0.3 is 0 Å². The van der Waals surface area contributed by atoms with Gasteiger partial charge in [-0.25, -0.2) is 4.98 Å². The highest BCUT2D eigenvalue weighted by Crippen LogP contribution is 2.19. The number of nitrogens with one attached hydrogen (secondary N) is 1. The van der Waals surface area contributed by atoms with Crippen molar-refractivity contribution in [3.63, 3.8) is 0 Å². The SMILES string of the molecule is CN(C)c1ccc(C(=O)Nc2ccc3ocnc3c2)cc1. The van der Waals surface area contributed by atoms with Gasteiger partial charge in [0, 0.05) is 31.0 Å². The summed E-state index contributed by atoms with van der Waals surface area (Å²) >= 11 is 0. The average Bonchev–Trinajstić information content (AvgIpc) is 2.95. The van der Waals surface area contributed by atoms with Crippen molar-refractivity contribution in [2.45, 2.75) is 0 Å². The number of carbonyl (C=O) groups is 1. The molecule has 0 radical (unpaired) electrons. The topological polar surface area (TPSA) is 58.4 Å². The highest BCUT2D eigenvalue weighted by molar-refractivity contribution is 6.05. The molecule has 0 spiro atoms. The minimum Gasteiger partial charge on any atom is -0.443 e. The lowest BCUT2D eigenvalue weighted by Crippen LogP contribution is -2.13. The van der Waals surface area contributed by atoms with E-state index in [0.717, 1.165) is 11.2 Å². The van der Waals surface area contributed by atoms with Crippen molar-refractivity contribution in [2.24, 2.45) is 0 Å². The highest BCUT2D eigenvalue weighted by Gasteiger charge is 2.08. The van der Waals surface area contributed by atoms with Gasteiger partial charge in [0.25, 0.3) is 5.91 Å². The fourth-order valence-electron chi connectivity index (χ4n) is 2.05. The van der Waals surface area contributed by atoms with Crippen LogP contribution in [0.4, 0.5) is 11.4 Å². The second-order valence-corrected chi connectivity index (χ2v) is 4.93. The maximum Gasteiger partial charge on any atom is 0.255 e. The molecule has 1 aromatic heterocycles. The summed E-state index contributed by atoms with van der Waals surface area (Å²) in [5.74, 6) is -0.150. The molecule has 0 saturated heterocycles. The van der Waals surface area contributed by atoms with Gasteiger partial charge in [0.2, 0.25) is 0 Å². The molecule has 0 aliphatic rings. The van der Waals surface area contributed by atoms with Gasteiger partial charge < -0.3 is 14.6 Å². The number of hydrogen-bond donors (Lipinski definition) is 1. The van der Waals surface area contributed by atoms with Crippen LogP contribution in [-0.2, 0) is 0 Å². The molecule has 5 nitrogen and oxygen atoms in total. The van der Waals surface area contributed by atoms with Crippen LogP contribution in [0.25, 0.3) is 11.1 Å². The van der Waals surface area contributed by atoms with Gasteiger partial charge in [-0.3, -0.25) is 4.79 Å². The third-order valence-corrected chi connectivity index (χ3v) is 3.23. The molecular formula is C16H15N3O2. The quantitative estimate of drug-likeness (QED) is 0.801. The molecule has 0 aliphatic heterocycles. The standard InChI is InChI=1S/C16H15N3O2/c1-19(2)13-6-3-11(4-7-13)16(20)18-12-5-8-15-14(9-12)17-10-21-15/h3-10H,1-2H3,(H,18,20). The number of fused-ring (bicyclic) bond motifs is 1. The van der Waals surface area contributed by atoms with Crippen molar-refractivity contribution in [2.75, 3.05) is 24.3 Å². The van der Waals surface area contributed by atoms with Crippen molar-refractivity contribution in [1.82, 2.24) is 4.98 Å². The number of amides is 1. The highest BCUT2D eigenvalue weighted by atomic mass is 16.3. The molecule has 0 aliphatic carbocycles. The van der Waals surface area contributed by atoms with Gasteiger partial charge in [0.05, 0.1) is 0 Å². The average molecular weight is 281 g/mol. The Labute approximate surface area is 122 Å². The van der Waals surface area contributed by atoms with Gasteiger partial charge in [-0.1, -0.05) is 0 Å². The molecule has 2 aromatic carbocycles. The van der Waals surface area contributed by atoms with Crippen LogP contribution in [0.2, 0.25) is 0 Å². The summed E-state index contributed by atoms with van der Waals surface area (Å²) in [6.45, 7) is 0. The van der Waals surface area contributed by atoms with E-state index >= 15 is 0 Å². The number of rotatable bonds is 3. The molecule has 0 fully saturated rings. The van der Waals surface area contributed by atoms with Crippen LogP contribution in [0, 0.1) is 0 Å². The fraction of sp³-hybridized carbons (Fsp3) is 0.125. The predicted octanol–water partition coefficient (Wildman–Crippen LogP) is 3.15. The molecule has 1 N–H and O–H groups in total. The van der Waals surface area contributed by atoms with E-state index in [1.54, 1.807) is 30.3 Å². The van der Waals surface area contributed by atoms with Crippen LogP contribution in [0.15, 0.2) is 53.3 Å². The normalized spacial score (nSPS) is 10.6. The fourth-order valence-corrected chi connectivity index (χ4v) is 2.05. The van der Waals surface area contributed by atoms with E-state index in [2.05, 4.69) is 10.3 Å². The lowest BCUT2D eigenvalue weighted by atomic mass is 10.2. The Balaban J connectivity index is 1.78. The zero-order chi connectivity index (χ0) is 14.8. The van der Waals surface area contributed by atoms with Crippen molar-refractivity contribution < 1.29 is 9.21 Å². The van der Waals surface area contributed by atoms with Crippen LogP contribution in [0.1, 0.15) is 10.4 Å². The maximum atomic E-state index is 12.2. The van der Waals surface area contributed by atoms with Crippen molar-refractivity contribution in [1.29, 1.82) is 0 Å². The molecule has 1 amide bonds. The summed E-state index contributed by atoms with van der Waals surface area (Å²) < 4.78 is 5.17. The minimum absolute atomic E-state index is 0.150. The number of hydrogen-bond acceptors (Lipinski definition) is 4. The predicted molar refractivity (Wildman–Crippen MR) is 82.7 cm³/mol. The van der Waals surface area contributed by atoms with Crippen LogP contribution in [0.5, 0.6) is 0 Å². The van der Waals surface area contributed by atoms with Crippen LogP contribution >= 0.6 is 0 Å². The van der Waals surface area contributed by atoms with E-state index in [9.17, 15) is 4.79 Å². The van der Waals surface area contributed by atoms with Gasteiger partial charge in [0.1, 0.15) is 5.52 Å². The summed E-state index contributed by atoms with van der Waals surface area (Å²) in [6.07, 6.45) is 1.39. The Morgan fingerprint density at radius 3 is 2.62 bits per heavy atom. The van der Waals surface area contributed by atoms with Gasteiger partial charge in [-0.2, -0.15) is 0 Å². The molecule has 0 bridgehead atoms. The molecule has 0 unspecified atom stereocenters. The Bertz CT molecular complexity index is 776. The molecule has 0 saturated carbocycles. The Morgan fingerprint density at radius 2 is 1.90 bits per heavy atom. The number of nitrogens with zero attached hydrogens (tertiary/aromatic N) is 2. The number of anilines is 2. The molecule has 0 atom stereocenters. The van der Waals surface area contributed by atoms with Crippen LogP contribution in [0.3, 0.4) is 0 Å². The molecule has 3 aromatic rings. The molecular weight excluding hydrogens is 266 g/mol. The molecule has 1 heterocycles. The second kappa shape index (κ2) is 5.28. The summed E-state index contributed by atoms with van der Waals surface area (Å²) in [5.41, 5.74) is 3.77. The van der Waals surface area contributed by atoms with E-state index in [-0.39, 0.29) is 5.91 Å². The van der Waals surface area contributed by atoms with Gasteiger partial charge in [-0.15, -0.1) is 0 Å². The first kappa shape index (κ1) is 13.2. The van der Waals surface area contributed by atoms with Crippen molar-refractivity contribution in [3.8, 4) is 0 Å². The molecule has 106 valence electrons. The van der Waals surface area contributed by atoms with Crippen molar-refractivity contribution in [3.05, 3.63) is 54.4 Å². The van der Waals surface area contributed by atoms with E-state index in [0.29, 0.717) is 16.8 Å². The monoisotopic (exact) mass is 281 g/mol. The zero-order valence-corrected chi connectivity index (χ0v) is 11.8. The summed E-state index contributed by atoms with van der Waals surface area (Å²) in [5, 5.41) is 2.85. The summed E-state index contributed by atoms with van der Waals surface area (Å²) in [4.78, 5) is 18.3. The Kier molecular flexibility index (Phi) is 3.31. The maximum absolute atomic E-state index is 12.2. The molecule has 5 heteroatoms. The van der Waals surface area contributed by atoms with E-state index in [1.165, 1.54) is 6.39 Å². The van der Waals surface area contributed by atoms with Crippen LogP contribution in [-0.4, -0.2) is 25.0 Å². The number of oxazole rings is 1. The van der Waals surface area contributed by atoms with Crippen molar-refractivity contribution >= 4 is 28.4 Å². The van der Waals surface area contributed by atoms with E-state index in [1.807, 2.05) is 31.1 Å². The summed E-state index contributed by atoms with van der Waals surface area (Å²) in [6, 6.07) is 12.8. The Hall–Kier alpha value is -2.82. The first-order chi connectivity index (χ1) is 10.1. The first-order valence-electron chi connectivity index (χ1n) is 6.55. The van der Waals surface area contributed by atoms with Gasteiger partial charge in [0.15, 0.2) is 12.0 Å². The number of aromatic nitrogens is 1. The lowest BCUT2D eigenvalue weighted by Gasteiger charge is -2.12. The molecule has 3 rings (SSSR count). The third kappa shape index (κ3) is 2.72. The minimum atomic E-state index is -0.150. The number of carbonyl (C=O) groups excluding carboxylic acids is 1. The number of benzene rings is 2. The smallest absolute Gasteiger partial charge is 0.255 e. The molecule has 21 heavy (non-hydrogen) atoms. The second-order valence-electron chi connectivity index (χ2n) is 4.93. The lowest BCUT2D eigenvalue weighted by molar-refractivity contribution is 0.102. The third-order valence-electron chi connectivity index (χ3n) is 3.23. The van der Waals surface area contributed by atoms with E-state index in [4.69, 9.17) is 4.42 Å². The van der Waals surface area contributed by atoms with E-state index < -0.39 is 0 Å². The first-order valence-corrected chi connectivity index (χ1v) is 6.55.